The summed E-state index contributed by atoms with van der Waals surface area (Å²) in [7, 11) is -3.60. The number of nitrogens with zero attached hydrogens (tertiary/aromatic N) is 2. The Kier molecular flexibility index (Phi) is 12.5. The molecule has 0 saturated heterocycles. The van der Waals surface area contributed by atoms with Gasteiger partial charge in [0.2, 0.25) is 21.8 Å². The number of carbonyl (C=O) groups excluding carboxylic acids is 2. The molecule has 10 heteroatoms. The largest absolute Gasteiger partial charge is 0.354 e. The molecular weight excluding hydrogens is 605 g/mol. The number of carbonyl (C=O) groups is 2. The zero-order valence-corrected chi connectivity index (χ0v) is 27.8. The van der Waals surface area contributed by atoms with Crippen molar-refractivity contribution in [1.82, 2.24) is 10.2 Å². The van der Waals surface area contributed by atoms with Crippen LogP contribution in [0.3, 0.4) is 0 Å². The summed E-state index contributed by atoms with van der Waals surface area (Å²) in [5.41, 5.74) is 4.15. The van der Waals surface area contributed by atoms with E-state index in [0.29, 0.717) is 34.3 Å². The molecule has 1 unspecified atom stereocenters. The molecule has 0 aliphatic carbocycles. The van der Waals surface area contributed by atoms with Gasteiger partial charge in [-0.1, -0.05) is 79.5 Å². The Balaban J connectivity index is 1.92. The van der Waals surface area contributed by atoms with Gasteiger partial charge >= 0.3 is 0 Å². The average molecular weight is 647 g/mol. The van der Waals surface area contributed by atoms with Gasteiger partial charge in [-0.05, 0) is 72.7 Å². The van der Waals surface area contributed by atoms with E-state index in [1.54, 1.807) is 29.2 Å². The Morgan fingerprint density at radius 3 is 2.23 bits per heavy atom. The van der Waals surface area contributed by atoms with Crippen LogP contribution in [0, 0.1) is 19.8 Å². The van der Waals surface area contributed by atoms with Crippen LogP contribution in [-0.4, -0.2) is 50.5 Å². The molecule has 1 N–H and O–H groups in total. The van der Waals surface area contributed by atoms with Crippen molar-refractivity contribution in [3.05, 3.63) is 99.0 Å². The van der Waals surface area contributed by atoms with Crippen LogP contribution in [0.4, 0.5) is 5.69 Å². The van der Waals surface area contributed by atoms with Gasteiger partial charge in [0.1, 0.15) is 6.04 Å². The summed E-state index contributed by atoms with van der Waals surface area (Å²) in [6.07, 6.45) is 1.76. The van der Waals surface area contributed by atoms with Gasteiger partial charge in [0.05, 0.1) is 11.9 Å². The van der Waals surface area contributed by atoms with Crippen molar-refractivity contribution in [3.63, 3.8) is 0 Å². The number of anilines is 1. The zero-order valence-electron chi connectivity index (χ0n) is 25.4. The fourth-order valence-electron chi connectivity index (χ4n) is 4.69. The van der Waals surface area contributed by atoms with E-state index in [2.05, 4.69) is 5.32 Å². The summed E-state index contributed by atoms with van der Waals surface area (Å²) in [4.78, 5) is 29.2. The van der Waals surface area contributed by atoms with Crippen LogP contribution in [0.2, 0.25) is 10.0 Å². The minimum absolute atomic E-state index is 0.0326. The van der Waals surface area contributed by atoms with E-state index in [1.165, 1.54) is 4.31 Å². The first-order valence-corrected chi connectivity index (χ1v) is 17.0. The van der Waals surface area contributed by atoms with Crippen LogP contribution in [0.15, 0.2) is 66.7 Å². The van der Waals surface area contributed by atoms with Crippen LogP contribution in [0.5, 0.6) is 0 Å². The first-order valence-electron chi connectivity index (χ1n) is 14.4. The number of sulfonamides is 1. The third kappa shape index (κ3) is 10.3. The van der Waals surface area contributed by atoms with Gasteiger partial charge in [-0.25, -0.2) is 8.42 Å². The van der Waals surface area contributed by atoms with Gasteiger partial charge in [0, 0.05) is 42.5 Å². The van der Waals surface area contributed by atoms with Gasteiger partial charge in [0.15, 0.2) is 0 Å². The molecule has 0 heterocycles. The van der Waals surface area contributed by atoms with Crippen LogP contribution < -0.4 is 9.62 Å². The fourth-order valence-corrected chi connectivity index (χ4v) is 6.12. The number of aryl methyl sites for hydroxylation is 2. The molecule has 0 aromatic heterocycles. The van der Waals surface area contributed by atoms with Crippen LogP contribution in [-0.2, 0) is 32.6 Å². The monoisotopic (exact) mass is 645 g/mol. The molecule has 3 aromatic carbocycles. The van der Waals surface area contributed by atoms with Crippen molar-refractivity contribution in [2.45, 2.75) is 59.5 Å². The third-order valence-corrected chi connectivity index (χ3v) is 9.02. The first-order chi connectivity index (χ1) is 20.3. The topological polar surface area (TPSA) is 86.8 Å². The number of benzene rings is 3. The maximum atomic E-state index is 14.0. The highest BCUT2D eigenvalue weighted by Crippen LogP contribution is 2.26. The zero-order chi connectivity index (χ0) is 31.7. The molecule has 3 rings (SSSR count). The fraction of sp³-hybridized carbons (Fsp3) is 0.394. The predicted molar refractivity (Wildman–Crippen MR) is 176 cm³/mol. The second-order valence-corrected chi connectivity index (χ2v) is 14.1. The normalized spacial score (nSPS) is 12.2. The summed E-state index contributed by atoms with van der Waals surface area (Å²) < 4.78 is 26.8. The Labute approximate surface area is 266 Å². The summed E-state index contributed by atoms with van der Waals surface area (Å²) in [6, 6.07) is 19.3. The van der Waals surface area contributed by atoms with Crippen molar-refractivity contribution < 1.29 is 18.0 Å². The maximum absolute atomic E-state index is 14.0. The van der Waals surface area contributed by atoms with Gasteiger partial charge in [0.25, 0.3) is 0 Å². The molecule has 0 aliphatic heterocycles. The van der Waals surface area contributed by atoms with E-state index in [1.807, 2.05) is 70.2 Å². The van der Waals surface area contributed by atoms with Crippen molar-refractivity contribution in [2.24, 2.45) is 5.92 Å². The Bertz CT molecular complexity index is 1510. The Morgan fingerprint density at radius 2 is 1.63 bits per heavy atom. The molecule has 0 bridgehead atoms. The highest BCUT2D eigenvalue weighted by atomic mass is 35.5. The highest BCUT2D eigenvalue weighted by molar-refractivity contribution is 7.92. The van der Waals surface area contributed by atoms with Gasteiger partial charge < -0.3 is 10.2 Å². The van der Waals surface area contributed by atoms with E-state index < -0.39 is 16.1 Å². The third-order valence-electron chi connectivity index (χ3n) is 7.24. The molecular formula is C33H41Cl2N3O4S. The molecule has 232 valence electrons. The van der Waals surface area contributed by atoms with Crippen LogP contribution in [0.1, 0.15) is 48.9 Å². The lowest BCUT2D eigenvalue weighted by atomic mass is 10.0. The molecule has 0 spiro atoms. The smallest absolute Gasteiger partial charge is 0.243 e. The summed E-state index contributed by atoms with van der Waals surface area (Å²) >= 11 is 12.6. The van der Waals surface area contributed by atoms with E-state index in [-0.39, 0.29) is 43.7 Å². The SMILES string of the molecule is Cc1ccc(N(CCCC(=O)N(Cc2ccc(Cl)cc2Cl)C(Cc2ccccc2)C(=O)NCC(C)C)S(C)(=O)=O)cc1C. The molecule has 0 saturated carbocycles. The molecule has 0 radical (unpaired) electrons. The van der Waals surface area contributed by atoms with Crippen LogP contribution >= 0.6 is 23.2 Å². The quantitative estimate of drug-likeness (QED) is 0.215. The van der Waals surface area contributed by atoms with E-state index in [0.717, 1.165) is 22.9 Å². The van der Waals surface area contributed by atoms with E-state index >= 15 is 0 Å². The van der Waals surface area contributed by atoms with Crippen molar-refractivity contribution in [3.8, 4) is 0 Å². The molecule has 1 atom stereocenters. The minimum atomic E-state index is -3.60. The number of amides is 2. The van der Waals surface area contributed by atoms with E-state index in [4.69, 9.17) is 23.2 Å². The number of halogens is 2. The van der Waals surface area contributed by atoms with Crippen LogP contribution in [0.25, 0.3) is 0 Å². The van der Waals surface area contributed by atoms with Gasteiger partial charge in [-0.2, -0.15) is 0 Å². The molecule has 3 aromatic rings. The standard InChI is InChI=1S/C33H41Cl2N3O4S/c1-23(2)21-36-33(40)31(19-26-10-7-6-8-11-26)37(22-27-14-15-28(34)20-30(27)35)32(39)12-9-17-38(43(5,41)42)29-16-13-24(3)25(4)18-29/h6-8,10-11,13-16,18,20,23,31H,9,12,17,19,21-22H2,1-5H3,(H,36,40). The first kappa shape index (κ1) is 34.4. The molecule has 0 aliphatic rings. The lowest BCUT2D eigenvalue weighted by molar-refractivity contribution is -0.141. The number of rotatable bonds is 14. The Morgan fingerprint density at radius 1 is 0.930 bits per heavy atom. The lowest BCUT2D eigenvalue weighted by Gasteiger charge is -2.32. The molecule has 43 heavy (non-hydrogen) atoms. The summed E-state index contributed by atoms with van der Waals surface area (Å²) in [5.74, 6) is -0.312. The lowest BCUT2D eigenvalue weighted by Crippen LogP contribution is -2.51. The average Bonchev–Trinajstić information content (AvgIpc) is 2.94. The van der Waals surface area contributed by atoms with Crippen molar-refractivity contribution in [1.29, 1.82) is 0 Å². The number of hydrogen-bond donors (Lipinski definition) is 1. The predicted octanol–water partition coefficient (Wildman–Crippen LogP) is 6.57. The van der Waals surface area contributed by atoms with Crippen molar-refractivity contribution in [2.75, 3.05) is 23.7 Å². The summed E-state index contributed by atoms with van der Waals surface area (Å²) in [6.45, 7) is 8.58. The molecule has 7 nitrogen and oxygen atoms in total. The summed E-state index contributed by atoms with van der Waals surface area (Å²) in [5, 5.41) is 3.86. The highest BCUT2D eigenvalue weighted by Gasteiger charge is 2.31. The van der Waals surface area contributed by atoms with E-state index in [9.17, 15) is 18.0 Å². The number of hydrogen-bond acceptors (Lipinski definition) is 4. The molecule has 0 fully saturated rings. The Hall–Kier alpha value is -3.07. The maximum Gasteiger partial charge on any atom is 0.243 e. The van der Waals surface area contributed by atoms with Gasteiger partial charge in [-0.3, -0.25) is 13.9 Å². The second-order valence-electron chi connectivity index (χ2n) is 11.3. The van der Waals surface area contributed by atoms with Crippen molar-refractivity contribution >= 4 is 50.7 Å². The van der Waals surface area contributed by atoms with Gasteiger partial charge in [-0.15, -0.1) is 0 Å². The minimum Gasteiger partial charge on any atom is -0.354 e. The second kappa shape index (κ2) is 15.6. The molecule has 2 amide bonds. The number of nitrogens with one attached hydrogen (secondary N) is 1.